The van der Waals surface area contributed by atoms with E-state index in [1.807, 2.05) is 6.07 Å². The van der Waals surface area contributed by atoms with Gasteiger partial charge < -0.3 is 10.3 Å². The molecule has 0 bridgehead atoms. The molecule has 1 aliphatic rings. The molecule has 26 heavy (non-hydrogen) atoms. The zero-order valence-electron chi connectivity index (χ0n) is 13.9. The van der Waals surface area contributed by atoms with Gasteiger partial charge in [0.1, 0.15) is 5.82 Å². The molecule has 6 heteroatoms. The van der Waals surface area contributed by atoms with Crippen LogP contribution in [0.25, 0.3) is 10.9 Å². The van der Waals surface area contributed by atoms with E-state index in [1.165, 1.54) is 6.07 Å². The van der Waals surface area contributed by atoms with Gasteiger partial charge in [-0.3, -0.25) is 4.79 Å². The topological polar surface area (TPSA) is 44.9 Å². The van der Waals surface area contributed by atoms with E-state index in [0.29, 0.717) is 22.0 Å². The number of carbonyl (C=O) groups excluding carboxylic acids is 1. The van der Waals surface area contributed by atoms with Crippen molar-refractivity contribution >= 4 is 40.0 Å². The molecule has 0 fully saturated rings. The summed E-state index contributed by atoms with van der Waals surface area (Å²) >= 11 is 12.5. The van der Waals surface area contributed by atoms with Crippen molar-refractivity contribution in [1.29, 1.82) is 0 Å². The van der Waals surface area contributed by atoms with Gasteiger partial charge in [0.25, 0.3) is 0 Å². The predicted octanol–water partition coefficient (Wildman–Crippen LogP) is 4.83. The maximum atomic E-state index is 13.7. The number of aryl methyl sites for hydroxylation is 1. The molecular formula is C20H17Cl2FN2O. The van der Waals surface area contributed by atoms with Gasteiger partial charge >= 0.3 is 0 Å². The van der Waals surface area contributed by atoms with Crippen LogP contribution in [0.5, 0.6) is 0 Å². The van der Waals surface area contributed by atoms with Crippen molar-refractivity contribution in [3.63, 3.8) is 0 Å². The van der Waals surface area contributed by atoms with Crippen molar-refractivity contribution in [2.75, 3.05) is 0 Å². The molecule has 3 aromatic rings. The highest BCUT2D eigenvalue weighted by Gasteiger charge is 2.25. The number of aromatic nitrogens is 1. The third-order valence-electron chi connectivity index (χ3n) is 4.87. The highest BCUT2D eigenvalue weighted by atomic mass is 35.5. The Kier molecular flexibility index (Phi) is 4.63. The van der Waals surface area contributed by atoms with E-state index >= 15 is 0 Å². The quantitative estimate of drug-likeness (QED) is 0.660. The fourth-order valence-corrected chi connectivity index (χ4v) is 4.30. The minimum absolute atomic E-state index is 0.00696. The number of H-pyrrole nitrogens is 1. The summed E-state index contributed by atoms with van der Waals surface area (Å²) in [5.41, 5.74) is 3.60. The van der Waals surface area contributed by atoms with E-state index in [0.717, 1.165) is 35.0 Å². The van der Waals surface area contributed by atoms with E-state index in [9.17, 15) is 9.18 Å². The Morgan fingerprint density at radius 1 is 1.27 bits per heavy atom. The van der Waals surface area contributed by atoms with Crippen molar-refractivity contribution in [2.24, 2.45) is 0 Å². The summed E-state index contributed by atoms with van der Waals surface area (Å²) in [6.07, 6.45) is 2.39. The maximum Gasteiger partial charge on any atom is 0.224 e. The van der Waals surface area contributed by atoms with Crippen LogP contribution in [-0.2, 0) is 24.1 Å². The minimum Gasteiger partial charge on any atom is -0.358 e. The van der Waals surface area contributed by atoms with Crippen LogP contribution in [-0.4, -0.2) is 16.9 Å². The molecule has 1 heterocycles. The summed E-state index contributed by atoms with van der Waals surface area (Å²) < 4.78 is 13.7. The molecule has 1 aromatic heterocycles. The zero-order valence-corrected chi connectivity index (χ0v) is 15.4. The van der Waals surface area contributed by atoms with Crippen LogP contribution < -0.4 is 5.32 Å². The SMILES string of the molecule is O=C(Cc1ccccc1F)NC1CCc2[nH]c3cc(Cl)cc(Cl)c3c2C1. The molecule has 134 valence electrons. The largest absolute Gasteiger partial charge is 0.358 e. The van der Waals surface area contributed by atoms with Gasteiger partial charge in [0, 0.05) is 27.7 Å². The van der Waals surface area contributed by atoms with Gasteiger partial charge in [-0.1, -0.05) is 41.4 Å². The average molecular weight is 391 g/mol. The fraction of sp³-hybridized carbons (Fsp3) is 0.250. The van der Waals surface area contributed by atoms with Crippen LogP contribution in [0.3, 0.4) is 0 Å². The molecule has 1 atom stereocenters. The molecule has 2 N–H and O–H groups in total. The second-order valence-electron chi connectivity index (χ2n) is 6.67. The Morgan fingerprint density at radius 2 is 2.08 bits per heavy atom. The summed E-state index contributed by atoms with van der Waals surface area (Å²) in [5.74, 6) is -0.522. The molecular weight excluding hydrogens is 374 g/mol. The molecule has 1 aliphatic carbocycles. The molecule has 0 spiro atoms. The van der Waals surface area contributed by atoms with Crippen molar-refractivity contribution in [1.82, 2.24) is 10.3 Å². The van der Waals surface area contributed by atoms with Crippen LogP contribution in [0.1, 0.15) is 23.2 Å². The number of fused-ring (bicyclic) bond motifs is 3. The third kappa shape index (κ3) is 3.31. The monoisotopic (exact) mass is 390 g/mol. The first-order valence-electron chi connectivity index (χ1n) is 8.52. The van der Waals surface area contributed by atoms with Gasteiger partial charge in [-0.05, 0) is 48.6 Å². The Bertz CT molecular complexity index is 999. The summed E-state index contributed by atoms with van der Waals surface area (Å²) in [5, 5.41) is 5.21. The van der Waals surface area contributed by atoms with Gasteiger partial charge in [0.05, 0.1) is 11.4 Å². The fourth-order valence-electron chi connectivity index (χ4n) is 3.69. The first-order valence-corrected chi connectivity index (χ1v) is 9.28. The number of benzene rings is 2. The normalized spacial score (nSPS) is 16.5. The molecule has 0 radical (unpaired) electrons. The van der Waals surface area contributed by atoms with E-state index in [4.69, 9.17) is 23.2 Å². The number of amides is 1. The molecule has 1 unspecified atom stereocenters. The van der Waals surface area contributed by atoms with Crippen molar-refractivity contribution in [3.05, 3.63) is 69.1 Å². The van der Waals surface area contributed by atoms with Crippen molar-refractivity contribution in [3.8, 4) is 0 Å². The predicted molar refractivity (Wildman–Crippen MR) is 102 cm³/mol. The summed E-state index contributed by atoms with van der Waals surface area (Å²) in [6.45, 7) is 0. The Balaban J connectivity index is 1.51. The Labute approximate surface area is 160 Å². The summed E-state index contributed by atoms with van der Waals surface area (Å²) in [6, 6.07) is 9.97. The number of halogens is 3. The minimum atomic E-state index is -0.353. The van der Waals surface area contributed by atoms with E-state index in [1.54, 1.807) is 24.3 Å². The van der Waals surface area contributed by atoms with Crippen LogP contribution in [0.15, 0.2) is 36.4 Å². The van der Waals surface area contributed by atoms with Crippen LogP contribution in [0, 0.1) is 5.82 Å². The van der Waals surface area contributed by atoms with Crippen molar-refractivity contribution < 1.29 is 9.18 Å². The standard InChI is InChI=1S/C20H17Cl2FN2O/c21-12-8-15(22)20-14-10-13(5-6-17(14)25-18(20)9-12)24-19(26)7-11-3-1-2-4-16(11)23/h1-4,8-9,13,25H,5-7,10H2,(H,24,26). The molecule has 4 rings (SSSR count). The smallest absolute Gasteiger partial charge is 0.224 e. The maximum absolute atomic E-state index is 13.7. The van der Waals surface area contributed by atoms with Gasteiger partial charge in [-0.25, -0.2) is 4.39 Å². The van der Waals surface area contributed by atoms with Gasteiger partial charge in [0.15, 0.2) is 0 Å². The molecule has 0 aliphatic heterocycles. The lowest BCUT2D eigenvalue weighted by molar-refractivity contribution is -0.121. The lowest BCUT2D eigenvalue weighted by Gasteiger charge is -2.24. The Morgan fingerprint density at radius 3 is 2.88 bits per heavy atom. The van der Waals surface area contributed by atoms with Crippen LogP contribution in [0.4, 0.5) is 4.39 Å². The lowest BCUT2D eigenvalue weighted by atomic mass is 9.91. The number of hydrogen-bond donors (Lipinski definition) is 2. The second-order valence-corrected chi connectivity index (χ2v) is 7.51. The first-order chi connectivity index (χ1) is 12.5. The molecule has 3 nitrogen and oxygen atoms in total. The van der Waals surface area contributed by atoms with E-state index in [-0.39, 0.29) is 24.2 Å². The molecule has 0 saturated heterocycles. The van der Waals surface area contributed by atoms with Gasteiger partial charge in [0.2, 0.25) is 5.91 Å². The summed E-state index contributed by atoms with van der Waals surface area (Å²) in [4.78, 5) is 15.7. The molecule has 0 saturated carbocycles. The molecule has 2 aromatic carbocycles. The lowest BCUT2D eigenvalue weighted by Crippen LogP contribution is -2.39. The van der Waals surface area contributed by atoms with E-state index < -0.39 is 0 Å². The van der Waals surface area contributed by atoms with Crippen LogP contribution in [0.2, 0.25) is 10.0 Å². The Hall–Kier alpha value is -2.04. The average Bonchev–Trinajstić information content (AvgIpc) is 2.94. The van der Waals surface area contributed by atoms with Gasteiger partial charge in [-0.15, -0.1) is 0 Å². The zero-order chi connectivity index (χ0) is 18.3. The number of nitrogens with one attached hydrogen (secondary N) is 2. The highest BCUT2D eigenvalue weighted by Crippen LogP contribution is 2.35. The highest BCUT2D eigenvalue weighted by molar-refractivity contribution is 6.38. The number of rotatable bonds is 3. The third-order valence-corrected chi connectivity index (χ3v) is 5.39. The van der Waals surface area contributed by atoms with Crippen molar-refractivity contribution in [2.45, 2.75) is 31.7 Å². The number of hydrogen-bond acceptors (Lipinski definition) is 1. The molecule has 1 amide bonds. The number of aromatic amines is 1. The number of carbonyl (C=O) groups is 1. The second kappa shape index (κ2) is 6.93. The first kappa shape index (κ1) is 17.4. The van der Waals surface area contributed by atoms with Crippen LogP contribution >= 0.6 is 23.2 Å². The van der Waals surface area contributed by atoms with E-state index in [2.05, 4.69) is 10.3 Å². The summed E-state index contributed by atoms with van der Waals surface area (Å²) in [7, 11) is 0. The van der Waals surface area contributed by atoms with Gasteiger partial charge in [-0.2, -0.15) is 0 Å².